The second-order valence-corrected chi connectivity index (χ2v) is 6.96. The maximum atomic E-state index is 12.8. The van der Waals surface area contributed by atoms with Gasteiger partial charge in [0.15, 0.2) is 0 Å². The van der Waals surface area contributed by atoms with Gasteiger partial charge in [0.25, 0.3) is 0 Å². The van der Waals surface area contributed by atoms with E-state index in [4.69, 9.17) is 0 Å². The van der Waals surface area contributed by atoms with Crippen molar-refractivity contribution in [3.05, 3.63) is 46.7 Å². The fourth-order valence-corrected chi connectivity index (χ4v) is 3.75. The van der Waals surface area contributed by atoms with Crippen LogP contribution in [-0.2, 0) is 4.79 Å². The number of thiophene rings is 1. The van der Waals surface area contributed by atoms with E-state index in [1.54, 1.807) is 35.6 Å². The zero-order valence-electron chi connectivity index (χ0n) is 13.0. The Balaban J connectivity index is 1.72. The van der Waals surface area contributed by atoms with Crippen LogP contribution in [0.2, 0.25) is 0 Å². The molecule has 5 heteroatoms. The molecule has 4 nitrogen and oxygen atoms in total. The number of phenolic OH excluding ortho intramolecular Hbond substituents is 1. The van der Waals surface area contributed by atoms with Gasteiger partial charge in [-0.3, -0.25) is 4.79 Å². The van der Waals surface area contributed by atoms with E-state index in [-0.39, 0.29) is 11.7 Å². The van der Waals surface area contributed by atoms with Crippen LogP contribution in [0.1, 0.15) is 43.0 Å². The fraction of sp³-hybridized carbons (Fsp3) is 0.389. The van der Waals surface area contributed by atoms with Crippen LogP contribution < -0.4 is 10.6 Å². The molecule has 0 bridgehead atoms. The van der Waals surface area contributed by atoms with E-state index in [1.807, 2.05) is 17.5 Å². The van der Waals surface area contributed by atoms with Gasteiger partial charge >= 0.3 is 0 Å². The van der Waals surface area contributed by atoms with Crippen molar-refractivity contribution < 1.29 is 9.90 Å². The molecule has 122 valence electrons. The second-order valence-electron chi connectivity index (χ2n) is 5.98. The average molecular weight is 330 g/mol. The summed E-state index contributed by atoms with van der Waals surface area (Å²) in [6.07, 6.45) is 5.80. The summed E-state index contributed by atoms with van der Waals surface area (Å²) in [6, 6.07) is 10.6. The van der Waals surface area contributed by atoms with Gasteiger partial charge in [-0.05, 0) is 48.6 Å². The van der Waals surface area contributed by atoms with Gasteiger partial charge in [-0.25, -0.2) is 0 Å². The topological polar surface area (TPSA) is 61.4 Å². The molecule has 1 saturated carbocycles. The van der Waals surface area contributed by atoms with Crippen LogP contribution in [0.5, 0.6) is 5.75 Å². The molecule has 1 amide bonds. The van der Waals surface area contributed by atoms with Gasteiger partial charge < -0.3 is 15.7 Å². The van der Waals surface area contributed by atoms with E-state index in [1.165, 1.54) is 19.3 Å². The van der Waals surface area contributed by atoms with Gasteiger partial charge in [0, 0.05) is 16.6 Å². The first-order valence-electron chi connectivity index (χ1n) is 8.12. The molecule has 1 fully saturated rings. The van der Waals surface area contributed by atoms with Gasteiger partial charge in [0.1, 0.15) is 11.8 Å². The summed E-state index contributed by atoms with van der Waals surface area (Å²) >= 11 is 1.57. The summed E-state index contributed by atoms with van der Waals surface area (Å²) in [6.45, 7) is 0. The highest BCUT2D eigenvalue weighted by atomic mass is 32.1. The third-order valence-corrected chi connectivity index (χ3v) is 5.16. The normalized spacial score (nSPS) is 16.7. The minimum Gasteiger partial charge on any atom is -0.508 e. The molecule has 1 aliphatic carbocycles. The van der Waals surface area contributed by atoms with Crippen LogP contribution in [0.4, 0.5) is 5.69 Å². The molecule has 1 unspecified atom stereocenters. The van der Waals surface area contributed by atoms with E-state index in [0.717, 1.165) is 23.4 Å². The van der Waals surface area contributed by atoms with Gasteiger partial charge in [-0.15, -0.1) is 11.3 Å². The van der Waals surface area contributed by atoms with Gasteiger partial charge in [-0.2, -0.15) is 0 Å². The molecule has 1 aliphatic rings. The molecule has 0 aliphatic heterocycles. The Kier molecular flexibility index (Phi) is 5.18. The van der Waals surface area contributed by atoms with Crippen molar-refractivity contribution in [3.8, 4) is 5.75 Å². The van der Waals surface area contributed by atoms with Gasteiger partial charge in [0.2, 0.25) is 5.91 Å². The Bertz CT molecular complexity index is 619. The van der Waals surface area contributed by atoms with E-state index >= 15 is 0 Å². The average Bonchev–Trinajstić information content (AvgIpc) is 3.09. The van der Waals surface area contributed by atoms with E-state index in [0.29, 0.717) is 6.04 Å². The molecule has 1 aromatic carbocycles. The van der Waals surface area contributed by atoms with Crippen molar-refractivity contribution in [1.82, 2.24) is 5.32 Å². The summed E-state index contributed by atoms with van der Waals surface area (Å²) in [4.78, 5) is 13.8. The molecule has 2 aromatic rings. The Morgan fingerprint density at radius 1 is 1.13 bits per heavy atom. The van der Waals surface area contributed by atoms with Crippen molar-refractivity contribution in [1.29, 1.82) is 0 Å². The summed E-state index contributed by atoms with van der Waals surface area (Å²) in [7, 11) is 0. The minimum absolute atomic E-state index is 0.0208. The molecule has 1 aromatic heterocycles. The van der Waals surface area contributed by atoms with Crippen molar-refractivity contribution >= 4 is 22.9 Å². The number of phenols is 1. The van der Waals surface area contributed by atoms with E-state index in [9.17, 15) is 9.90 Å². The van der Waals surface area contributed by atoms with Crippen LogP contribution in [0.15, 0.2) is 41.8 Å². The molecule has 0 saturated heterocycles. The summed E-state index contributed by atoms with van der Waals surface area (Å²) in [5.74, 6) is 0.238. The Morgan fingerprint density at radius 3 is 2.52 bits per heavy atom. The van der Waals surface area contributed by atoms with Crippen LogP contribution in [0, 0.1) is 0 Å². The number of benzene rings is 1. The number of hydrogen-bond acceptors (Lipinski definition) is 4. The van der Waals surface area contributed by atoms with E-state index < -0.39 is 6.04 Å². The van der Waals surface area contributed by atoms with Crippen LogP contribution in [0.3, 0.4) is 0 Å². The van der Waals surface area contributed by atoms with Crippen LogP contribution in [0.25, 0.3) is 0 Å². The first-order valence-corrected chi connectivity index (χ1v) is 9.00. The highest BCUT2D eigenvalue weighted by Gasteiger charge is 2.24. The molecule has 23 heavy (non-hydrogen) atoms. The number of carbonyl (C=O) groups is 1. The molecular formula is C18H22N2O2S. The largest absolute Gasteiger partial charge is 0.508 e. The molecule has 1 heterocycles. The lowest BCUT2D eigenvalue weighted by Crippen LogP contribution is -2.41. The maximum Gasteiger partial charge on any atom is 0.248 e. The lowest BCUT2D eigenvalue weighted by Gasteiger charge is -2.26. The summed E-state index contributed by atoms with van der Waals surface area (Å²) in [5.41, 5.74) is 0.819. The van der Waals surface area contributed by atoms with Gasteiger partial charge in [0.05, 0.1) is 0 Å². The summed E-state index contributed by atoms with van der Waals surface area (Å²) in [5, 5.41) is 17.9. The zero-order chi connectivity index (χ0) is 16.1. The monoisotopic (exact) mass is 330 g/mol. The molecule has 0 radical (unpaired) electrons. The standard InChI is InChI=1S/C18H22N2O2S/c21-15-10-8-14(9-11-15)19-17(16-7-4-12-23-16)18(22)20-13-5-2-1-3-6-13/h4,7-13,17,19,21H,1-3,5-6H2,(H,20,22). The number of amides is 1. The first-order chi connectivity index (χ1) is 11.2. The third kappa shape index (κ3) is 4.26. The lowest BCUT2D eigenvalue weighted by atomic mass is 9.95. The number of aromatic hydroxyl groups is 1. The predicted octanol–water partition coefficient (Wildman–Crippen LogP) is 4.06. The van der Waals surface area contributed by atoms with Crippen LogP contribution in [-0.4, -0.2) is 17.1 Å². The smallest absolute Gasteiger partial charge is 0.248 e. The lowest BCUT2D eigenvalue weighted by molar-refractivity contribution is -0.122. The zero-order valence-corrected chi connectivity index (χ0v) is 13.8. The molecule has 0 spiro atoms. The highest BCUT2D eigenvalue weighted by molar-refractivity contribution is 7.10. The van der Waals surface area contributed by atoms with Crippen molar-refractivity contribution in [2.75, 3.05) is 5.32 Å². The predicted molar refractivity (Wildman–Crippen MR) is 93.8 cm³/mol. The van der Waals surface area contributed by atoms with E-state index in [2.05, 4.69) is 10.6 Å². The maximum absolute atomic E-state index is 12.8. The van der Waals surface area contributed by atoms with Crippen molar-refractivity contribution in [3.63, 3.8) is 0 Å². The number of anilines is 1. The first kappa shape index (κ1) is 15.9. The van der Waals surface area contributed by atoms with Gasteiger partial charge in [-0.1, -0.05) is 25.3 Å². The van der Waals surface area contributed by atoms with Crippen LogP contribution >= 0.6 is 11.3 Å². The second kappa shape index (κ2) is 7.51. The third-order valence-electron chi connectivity index (χ3n) is 4.22. The van der Waals surface area contributed by atoms with Crippen molar-refractivity contribution in [2.24, 2.45) is 0 Å². The number of hydrogen-bond donors (Lipinski definition) is 3. The molecule has 3 N–H and O–H groups in total. The number of nitrogens with one attached hydrogen (secondary N) is 2. The Labute approximate surface area is 140 Å². The van der Waals surface area contributed by atoms with Crippen molar-refractivity contribution in [2.45, 2.75) is 44.2 Å². The molecular weight excluding hydrogens is 308 g/mol. The SMILES string of the molecule is O=C(NC1CCCCC1)C(Nc1ccc(O)cc1)c1cccs1. The Hall–Kier alpha value is -2.01. The Morgan fingerprint density at radius 2 is 1.87 bits per heavy atom. The fourth-order valence-electron chi connectivity index (χ4n) is 2.98. The summed E-state index contributed by atoms with van der Waals surface area (Å²) < 4.78 is 0. The number of carbonyl (C=O) groups excluding carboxylic acids is 1. The molecule has 3 rings (SSSR count). The molecule has 1 atom stereocenters. The highest BCUT2D eigenvalue weighted by Crippen LogP contribution is 2.26. The minimum atomic E-state index is -0.401. The quantitative estimate of drug-likeness (QED) is 0.725. The number of rotatable bonds is 5.